The van der Waals surface area contributed by atoms with Crippen LogP contribution in [0.3, 0.4) is 0 Å². The van der Waals surface area contributed by atoms with Crippen LogP contribution in [0.15, 0.2) is 60.9 Å². The number of methoxy groups -OCH3 is 1. The number of anilines is 1. The van der Waals surface area contributed by atoms with E-state index in [1.54, 1.807) is 42.5 Å². The van der Waals surface area contributed by atoms with E-state index in [0.29, 0.717) is 36.4 Å². The fraction of sp³-hybridized carbons (Fsp3) is 0.240. The molecule has 1 aliphatic rings. The highest BCUT2D eigenvalue weighted by Gasteiger charge is 2.26. The van der Waals surface area contributed by atoms with Gasteiger partial charge in [0.25, 0.3) is 11.8 Å². The van der Waals surface area contributed by atoms with E-state index in [2.05, 4.69) is 10.4 Å². The molecule has 1 aliphatic heterocycles. The summed E-state index contributed by atoms with van der Waals surface area (Å²) in [5, 5.41) is 8.35. The van der Waals surface area contributed by atoms with Gasteiger partial charge in [0.15, 0.2) is 0 Å². The summed E-state index contributed by atoms with van der Waals surface area (Å²) in [6.07, 6.45) is 4.34. The standard InChI is InChI=1S/C25H25N5O3/c1-28-13-10-17-14-18(4-9-22(17)28)25(32)29-11-3-12-30-23(16-29)21(15-26-30)24(31)27-19-5-7-20(33-2)8-6-19/h4-10,13-15H,3,11-12,16H2,1-2H3,(H,27,31). The molecule has 0 spiro atoms. The van der Waals surface area contributed by atoms with Crippen LogP contribution in [0.1, 0.15) is 32.8 Å². The quantitative estimate of drug-likeness (QED) is 0.522. The number of aryl methyl sites for hydroxylation is 2. The predicted molar refractivity (Wildman–Crippen MR) is 125 cm³/mol. The molecule has 8 nitrogen and oxygen atoms in total. The van der Waals surface area contributed by atoms with Crippen LogP contribution in [0.5, 0.6) is 5.75 Å². The molecule has 0 bridgehead atoms. The van der Waals surface area contributed by atoms with Crippen molar-refractivity contribution in [2.45, 2.75) is 19.5 Å². The Balaban J connectivity index is 1.38. The van der Waals surface area contributed by atoms with Crippen molar-refractivity contribution in [3.8, 4) is 5.75 Å². The van der Waals surface area contributed by atoms with Crippen molar-refractivity contribution >= 4 is 28.4 Å². The summed E-state index contributed by atoms with van der Waals surface area (Å²) in [7, 11) is 3.58. The molecule has 2 aromatic heterocycles. The molecule has 2 amide bonds. The van der Waals surface area contributed by atoms with Crippen molar-refractivity contribution in [2.75, 3.05) is 19.0 Å². The van der Waals surface area contributed by atoms with Gasteiger partial charge in [-0.25, -0.2) is 0 Å². The monoisotopic (exact) mass is 443 g/mol. The first-order chi connectivity index (χ1) is 16.0. The third kappa shape index (κ3) is 3.95. The summed E-state index contributed by atoms with van der Waals surface area (Å²) < 4.78 is 9.03. The Morgan fingerprint density at radius 1 is 1.06 bits per heavy atom. The molecule has 0 radical (unpaired) electrons. The molecule has 1 N–H and O–H groups in total. The summed E-state index contributed by atoms with van der Waals surface area (Å²) in [5.74, 6) is 0.425. The highest BCUT2D eigenvalue weighted by atomic mass is 16.5. The number of nitrogens with one attached hydrogen (secondary N) is 1. The average molecular weight is 444 g/mol. The van der Waals surface area contributed by atoms with Crippen molar-refractivity contribution in [3.05, 3.63) is 77.7 Å². The van der Waals surface area contributed by atoms with Gasteiger partial charge < -0.3 is 19.5 Å². The molecule has 0 atom stereocenters. The second-order valence-electron chi connectivity index (χ2n) is 8.19. The molecule has 0 unspecified atom stereocenters. The van der Waals surface area contributed by atoms with Gasteiger partial charge in [0.05, 0.1) is 31.1 Å². The maximum atomic E-state index is 13.3. The van der Waals surface area contributed by atoms with Crippen molar-refractivity contribution in [2.24, 2.45) is 7.05 Å². The lowest BCUT2D eigenvalue weighted by Gasteiger charge is -2.21. The molecule has 0 saturated carbocycles. The molecular formula is C25H25N5O3. The van der Waals surface area contributed by atoms with E-state index in [0.717, 1.165) is 28.8 Å². The fourth-order valence-electron chi connectivity index (χ4n) is 4.27. The minimum absolute atomic E-state index is 0.0445. The molecule has 5 rings (SSSR count). The SMILES string of the molecule is COc1ccc(NC(=O)c2cnn3c2CN(C(=O)c2ccc4c(ccn4C)c2)CCC3)cc1. The van der Waals surface area contributed by atoms with Crippen molar-refractivity contribution in [1.82, 2.24) is 19.2 Å². The number of ether oxygens (including phenoxy) is 1. The van der Waals surface area contributed by atoms with E-state index < -0.39 is 0 Å². The van der Waals surface area contributed by atoms with E-state index in [1.807, 2.05) is 46.8 Å². The zero-order chi connectivity index (χ0) is 22.9. The Bertz CT molecular complexity index is 1340. The average Bonchev–Trinajstić information content (AvgIpc) is 3.34. The number of nitrogens with zero attached hydrogens (tertiary/aromatic N) is 4. The minimum atomic E-state index is -0.249. The largest absolute Gasteiger partial charge is 0.497 e. The maximum absolute atomic E-state index is 13.3. The van der Waals surface area contributed by atoms with E-state index in [9.17, 15) is 9.59 Å². The third-order valence-corrected chi connectivity index (χ3v) is 6.10. The number of hydrogen-bond acceptors (Lipinski definition) is 4. The van der Waals surface area contributed by atoms with E-state index in [4.69, 9.17) is 4.74 Å². The third-order valence-electron chi connectivity index (χ3n) is 6.10. The fourth-order valence-corrected chi connectivity index (χ4v) is 4.27. The van der Waals surface area contributed by atoms with Gasteiger partial charge in [-0.05, 0) is 55.0 Å². The van der Waals surface area contributed by atoms with Gasteiger partial charge in [-0.1, -0.05) is 0 Å². The second-order valence-corrected chi connectivity index (χ2v) is 8.19. The summed E-state index contributed by atoms with van der Waals surface area (Å²) >= 11 is 0. The first-order valence-corrected chi connectivity index (χ1v) is 10.9. The zero-order valence-electron chi connectivity index (χ0n) is 18.6. The number of amides is 2. The summed E-state index contributed by atoms with van der Waals surface area (Å²) in [6.45, 7) is 1.60. The molecule has 0 saturated heterocycles. The van der Waals surface area contributed by atoms with Gasteiger partial charge in [-0.3, -0.25) is 14.3 Å². The number of carbonyl (C=O) groups is 2. The molecular weight excluding hydrogens is 418 g/mol. The molecule has 33 heavy (non-hydrogen) atoms. The molecule has 3 heterocycles. The lowest BCUT2D eigenvalue weighted by molar-refractivity contribution is 0.0744. The highest BCUT2D eigenvalue weighted by molar-refractivity contribution is 6.05. The van der Waals surface area contributed by atoms with Crippen LogP contribution >= 0.6 is 0 Å². The van der Waals surface area contributed by atoms with Gasteiger partial charge in [0, 0.05) is 48.5 Å². The van der Waals surface area contributed by atoms with Gasteiger partial charge in [0.2, 0.25) is 0 Å². The molecule has 0 fully saturated rings. The van der Waals surface area contributed by atoms with Crippen LogP contribution in [-0.4, -0.2) is 44.7 Å². The lowest BCUT2D eigenvalue weighted by atomic mass is 10.1. The van der Waals surface area contributed by atoms with E-state index in [1.165, 1.54) is 0 Å². The molecule has 2 aromatic carbocycles. The normalized spacial score (nSPS) is 13.5. The Morgan fingerprint density at radius 3 is 2.67 bits per heavy atom. The Hall–Kier alpha value is -4.07. The van der Waals surface area contributed by atoms with Crippen LogP contribution in [0.4, 0.5) is 5.69 Å². The van der Waals surface area contributed by atoms with Crippen LogP contribution in [0, 0.1) is 0 Å². The first-order valence-electron chi connectivity index (χ1n) is 10.9. The molecule has 8 heteroatoms. The van der Waals surface area contributed by atoms with Crippen LogP contribution in [-0.2, 0) is 20.1 Å². The van der Waals surface area contributed by atoms with Gasteiger partial charge >= 0.3 is 0 Å². The maximum Gasteiger partial charge on any atom is 0.259 e. The number of fused-ring (bicyclic) bond motifs is 2. The molecule has 168 valence electrons. The smallest absolute Gasteiger partial charge is 0.259 e. The van der Waals surface area contributed by atoms with Crippen molar-refractivity contribution in [1.29, 1.82) is 0 Å². The number of aromatic nitrogens is 3. The topological polar surface area (TPSA) is 81.4 Å². The number of hydrogen-bond donors (Lipinski definition) is 1. The molecule has 0 aliphatic carbocycles. The van der Waals surface area contributed by atoms with E-state index >= 15 is 0 Å². The van der Waals surface area contributed by atoms with Gasteiger partial charge in [-0.2, -0.15) is 5.10 Å². The number of carbonyl (C=O) groups excluding carboxylic acids is 2. The van der Waals surface area contributed by atoms with Crippen molar-refractivity contribution < 1.29 is 14.3 Å². The van der Waals surface area contributed by atoms with Gasteiger partial charge in [-0.15, -0.1) is 0 Å². The van der Waals surface area contributed by atoms with Crippen LogP contribution in [0.2, 0.25) is 0 Å². The van der Waals surface area contributed by atoms with Crippen LogP contribution in [0.25, 0.3) is 10.9 Å². The Labute approximate surface area is 191 Å². The Morgan fingerprint density at radius 2 is 1.88 bits per heavy atom. The molecule has 4 aromatic rings. The zero-order valence-corrected chi connectivity index (χ0v) is 18.6. The first kappa shape index (κ1) is 20.8. The summed E-state index contributed by atoms with van der Waals surface area (Å²) in [4.78, 5) is 28.2. The minimum Gasteiger partial charge on any atom is -0.497 e. The summed E-state index contributed by atoms with van der Waals surface area (Å²) in [5.41, 5.74) is 3.61. The lowest BCUT2D eigenvalue weighted by Crippen LogP contribution is -2.31. The predicted octanol–water partition coefficient (Wildman–Crippen LogP) is 3.68. The second kappa shape index (κ2) is 8.46. The number of rotatable bonds is 4. The Kier molecular flexibility index (Phi) is 5.34. The van der Waals surface area contributed by atoms with Gasteiger partial charge in [0.1, 0.15) is 5.75 Å². The number of benzene rings is 2. The highest BCUT2D eigenvalue weighted by Crippen LogP contribution is 2.23. The summed E-state index contributed by atoms with van der Waals surface area (Å²) in [6, 6.07) is 14.9. The van der Waals surface area contributed by atoms with E-state index in [-0.39, 0.29) is 11.8 Å². The van der Waals surface area contributed by atoms with Crippen molar-refractivity contribution in [3.63, 3.8) is 0 Å². The van der Waals surface area contributed by atoms with Crippen LogP contribution < -0.4 is 10.1 Å².